The predicted octanol–water partition coefficient (Wildman–Crippen LogP) is 1.22. The van der Waals surface area contributed by atoms with Crippen LogP contribution < -0.4 is 5.73 Å². The van der Waals surface area contributed by atoms with Gasteiger partial charge in [0.15, 0.2) is 0 Å². The Balaban J connectivity index is 2.19. The van der Waals surface area contributed by atoms with Crippen LogP contribution >= 0.6 is 0 Å². The van der Waals surface area contributed by atoms with Crippen molar-refractivity contribution in [2.75, 3.05) is 39.3 Å². The molecule has 0 spiro atoms. The van der Waals surface area contributed by atoms with Crippen molar-refractivity contribution in [1.82, 2.24) is 9.80 Å². The molecular formula is C15H28N4O3. The lowest BCUT2D eigenvalue weighted by Crippen LogP contribution is -2.50. The number of hydrogen-bond donors (Lipinski definition) is 1. The van der Waals surface area contributed by atoms with Crippen molar-refractivity contribution in [3.63, 3.8) is 0 Å². The van der Waals surface area contributed by atoms with E-state index in [-0.39, 0.29) is 12.0 Å². The van der Waals surface area contributed by atoms with E-state index in [0.29, 0.717) is 51.6 Å². The van der Waals surface area contributed by atoms with E-state index in [1.807, 2.05) is 11.8 Å². The van der Waals surface area contributed by atoms with E-state index in [2.05, 4.69) is 4.99 Å². The summed E-state index contributed by atoms with van der Waals surface area (Å²) in [6, 6.07) is 0. The maximum Gasteiger partial charge on any atom is 0.409 e. The van der Waals surface area contributed by atoms with Crippen LogP contribution in [0.5, 0.6) is 0 Å². The average molecular weight is 312 g/mol. The van der Waals surface area contributed by atoms with Gasteiger partial charge in [-0.05, 0) is 19.8 Å². The number of hydrogen-bond acceptors (Lipinski definition) is 4. The van der Waals surface area contributed by atoms with Crippen LogP contribution in [0.2, 0.25) is 0 Å². The first-order valence-corrected chi connectivity index (χ1v) is 8.06. The number of nitrogens with zero attached hydrogens (tertiary/aromatic N) is 3. The van der Waals surface area contributed by atoms with Crippen LogP contribution in [0.25, 0.3) is 0 Å². The largest absolute Gasteiger partial charge is 0.450 e. The number of carbonyl (C=O) groups is 2. The van der Waals surface area contributed by atoms with E-state index in [0.717, 1.165) is 19.3 Å². The van der Waals surface area contributed by atoms with Crippen LogP contribution in [0.4, 0.5) is 4.79 Å². The van der Waals surface area contributed by atoms with Gasteiger partial charge in [-0.2, -0.15) is 0 Å². The second-order valence-corrected chi connectivity index (χ2v) is 5.25. The molecule has 7 heteroatoms. The van der Waals surface area contributed by atoms with Gasteiger partial charge in [-0.25, -0.2) is 4.79 Å². The Bertz CT molecular complexity index is 390. The third-order valence-corrected chi connectivity index (χ3v) is 3.63. The van der Waals surface area contributed by atoms with E-state index < -0.39 is 0 Å². The van der Waals surface area contributed by atoms with Gasteiger partial charge in [-0.15, -0.1) is 0 Å². The van der Waals surface area contributed by atoms with Crippen molar-refractivity contribution in [1.29, 1.82) is 0 Å². The molecule has 1 fully saturated rings. The molecule has 1 saturated heterocycles. The predicted molar refractivity (Wildman–Crippen MR) is 85.8 cm³/mol. The zero-order valence-electron chi connectivity index (χ0n) is 13.7. The van der Waals surface area contributed by atoms with Crippen LogP contribution in [0, 0.1) is 0 Å². The molecule has 2 N–H and O–H groups in total. The quantitative estimate of drug-likeness (QED) is 0.435. The van der Waals surface area contributed by atoms with Crippen LogP contribution in [-0.4, -0.2) is 67.0 Å². The Labute approximate surface area is 132 Å². The number of nitrogens with two attached hydrogens (primary N) is 1. The van der Waals surface area contributed by atoms with Gasteiger partial charge in [-0.1, -0.05) is 6.92 Å². The molecule has 0 saturated carbocycles. The number of piperazine rings is 1. The number of amides is 2. The summed E-state index contributed by atoms with van der Waals surface area (Å²) < 4.78 is 4.96. The highest BCUT2D eigenvalue weighted by molar-refractivity contribution is 5.79. The first-order valence-electron chi connectivity index (χ1n) is 8.06. The van der Waals surface area contributed by atoms with Crippen molar-refractivity contribution < 1.29 is 14.3 Å². The first kappa shape index (κ1) is 18.3. The average Bonchev–Trinajstić information content (AvgIpc) is 2.54. The lowest BCUT2D eigenvalue weighted by atomic mass is 10.2. The standard InChI is InChI=1S/C15H28N4O3/c1-3-13(16)17-8-6-5-7-14(20)18-9-11-19(12-10-18)15(21)22-4-2/h3-12H2,1-2H3,(H2,16,17). The summed E-state index contributed by atoms with van der Waals surface area (Å²) in [5.74, 6) is 0.817. The minimum Gasteiger partial charge on any atom is -0.450 e. The Morgan fingerprint density at radius 3 is 2.32 bits per heavy atom. The number of aliphatic imine (C=N–C) groups is 1. The smallest absolute Gasteiger partial charge is 0.409 e. The van der Waals surface area contributed by atoms with Crippen molar-refractivity contribution >= 4 is 17.8 Å². The van der Waals surface area contributed by atoms with Crippen LogP contribution in [0.15, 0.2) is 4.99 Å². The summed E-state index contributed by atoms with van der Waals surface area (Å²) in [5, 5.41) is 0. The van der Waals surface area contributed by atoms with Crippen LogP contribution in [0.3, 0.4) is 0 Å². The summed E-state index contributed by atoms with van der Waals surface area (Å²) in [7, 11) is 0. The number of ether oxygens (including phenoxy) is 1. The van der Waals surface area contributed by atoms with Gasteiger partial charge in [-0.3, -0.25) is 9.79 Å². The maximum absolute atomic E-state index is 12.1. The minimum atomic E-state index is -0.291. The van der Waals surface area contributed by atoms with Gasteiger partial charge < -0.3 is 20.3 Å². The summed E-state index contributed by atoms with van der Waals surface area (Å²) in [5.41, 5.74) is 5.62. The van der Waals surface area contributed by atoms with Gasteiger partial charge in [0, 0.05) is 45.6 Å². The van der Waals surface area contributed by atoms with E-state index in [1.54, 1.807) is 11.8 Å². The molecule has 1 aliphatic heterocycles. The van der Waals surface area contributed by atoms with Gasteiger partial charge in [0.25, 0.3) is 0 Å². The van der Waals surface area contributed by atoms with Crippen molar-refractivity contribution in [2.45, 2.75) is 39.5 Å². The summed E-state index contributed by atoms with van der Waals surface area (Å²) in [6.07, 6.45) is 2.69. The summed E-state index contributed by atoms with van der Waals surface area (Å²) in [6.45, 7) is 7.07. The third kappa shape index (κ3) is 6.32. The fraction of sp³-hybridized carbons (Fsp3) is 0.800. The molecule has 0 aromatic heterocycles. The number of rotatable bonds is 7. The topological polar surface area (TPSA) is 88.2 Å². The van der Waals surface area contributed by atoms with E-state index >= 15 is 0 Å². The summed E-state index contributed by atoms with van der Waals surface area (Å²) >= 11 is 0. The monoisotopic (exact) mass is 312 g/mol. The summed E-state index contributed by atoms with van der Waals surface area (Å²) in [4.78, 5) is 31.3. The maximum atomic E-state index is 12.1. The highest BCUT2D eigenvalue weighted by atomic mass is 16.6. The molecule has 1 rings (SSSR count). The van der Waals surface area contributed by atoms with Crippen LogP contribution in [-0.2, 0) is 9.53 Å². The second kappa shape index (κ2) is 10.0. The fourth-order valence-electron chi connectivity index (χ4n) is 2.23. The first-order chi connectivity index (χ1) is 10.6. The number of unbranched alkanes of at least 4 members (excludes halogenated alkanes) is 1. The fourth-order valence-corrected chi connectivity index (χ4v) is 2.23. The normalized spacial score (nSPS) is 15.8. The van der Waals surface area contributed by atoms with Crippen LogP contribution in [0.1, 0.15) is 39.5 Å². The molecule has 0 bridgehead atoms. The molecule has 126 valence electrons. The van der Waals surface area contributed by atoms with Gasteiger partial charge in [0.2, 0.25) is 5.91 Å². The van der Waals surface area contributed by atoms with Gasteiger partial charge in [0.05, 0.1) is 12.4 Å². The lowest BCUT2D eigenvalue weighted by Gasteiger charge is -2.34. The van der Waals surface area contributed by atoms with Gasteiger partial charge in [0.1, 0.15) is 0 Å². The number of amidine groups is 1. The lowest BCUT2D eigenvalue weighted by molar-refractivity contribution is -0.132. The molecule has 7 nitrogen and oxygen atoms in total. The van der Waals surface area contributed by atoms with E-state index in [1.165, 1.54) is 0 Å². The van der Waals surface area contributed by atoms with Crippen molar-refractivity contribution in [2.24, 2.45) is 10.7 Å². The van der Waals surface area contributed by atoms with E-state index in [9.17, 15) is 9.59 Å². The van der Waals surface area contributed by atoms with Crippen molar-refractivity contribution in [3.8, 4) is 0 Å². The molecule has 2 amide bonds. The Morgan fingerprint density at radius 1 is 1.09 bits per heavy atom. The highest BCUT2D eigenvalue weighted by Gasteiger charge is 2.24. The van der Waals surface area contributed by atoms with Gasteiger partial charge >= 0.3 is 6.09 Å². The molecule has 0 unspecified atom stereocenters. The number of carbonyl (C=O) groups excluding carboxylic acids is 2. The minimum absolute atomic E-state index is 0.149. The Morgan fingerprint density at radius 2 is 1.73 bits per heavy atom. The molecule has 1 heterocycles. The zero-order chi connectivity index (χ0) is 16.4. The Hall–Kier alpha value is -1.79. The zero-order valence-corrected chi connectivity index (χ0v) is 13.7. The SMILES string of the molecule is CCOC(=O)N1CCN(C(=O)CCCCN=C(N)CC)CC1. The molecule has 0 aliphatic carbocycles. The molecule has 0 atom stereocenters. The van der Waals surface area contributed by atoms with Crippen molar-refractivity contribution in [3.05, 3.63) is 0 Å². The molecule has 22 heavy (non-hydrogen) atoms. The third-order valence-electron chi connectivity index (χ3n) is 3.63. The molecule has 0 aromatic carbocycles. The highest BCUT2D eigenvalue weighted by Crippen LogP contribution is 2.07. The Kier molecular flexibility index (Phi) is 8.32. The molecular weight excluding hydrogens is 284 g/mol. The van der Waals surface area contributed by atoms with E-state index in [4.69, 9.17) is 10.5 Å². The molecule has 1 aliphatic rings. The molecule has 0 aromatic rings. The second-order valence-electron chi connectivity index (χ2n) is 5.25. The molecule has 0 radical (unpaired) electrons.